The van der Waals surface area contributed by atoms with Gasteiger partial charge in [-0.15, -0.1) is 0 Å². The molecule has 0 aliphatic rings. The van der Waals surface area contributed by atoms with Crippen LogP contribution in [0, 0.1) is 13.8 Å². The molecule has 0 atom stereocenters. The van der Waals surface area contributed by atoms with E-state index < -0.39 is 0 Å². The number of aryl methyl sites for hydroxylation is 2. The molecule has 1 aromatic carbocycles. The summed E-state index contributed by atoms with van der Waals surface area (Å²) in [5.74, 6) is 2.29. The van der Waals surface area contributed by atoms with Crippen molar-refractivity contribution in [2.45, 2.75) is 20.8 Å². The van der Waals surface area contributed by atoms with Crippen LogP contribution in [0.4, 0.5) is 0 Å². The molecule has 0 saturated carbocycles. The van der Waals surface area contributed by atoms with E-state index in [1.165, 1.54) is 0 Å². The molecule has 0 radical (unpaired) electrons. The van der Waals surface area contributed by atoms with Gasteiger partial charge in [-0.2, -0.15) is 0 Å². The molecule has 0 unspecified atom stereocenters. The van der Waals surface area contributed by atoms with E-state index in [0.29, 0.717) is 0 Å². The Labute approximate surface area is 233 Å². The Balaban J connectivity index is 1.74. The minimum Gasteiger partial charge on any atom is -0.294 e. The van der Waals surface area contributed by atoms with Crippen molar-refractivity contribution in [1.82, 2.24) is 28.5 Å². The van der Waals surface area contributed by atoms with E-state index in [1.807, 2.05) is 61.6 Å². The smallest absolute Gasteiger partial charge is 0.221 e. The maximum absolute atomic E-state index is 5.27. The molecular weight excluding hydrogens is 492 g/mol. The van der Waals surface area contributed by atoms with Crippen molar-refractivity contribution in [1.29, 1.82) is 0 Å². The summed E-state index contributed by atoms with van der Waals surface area (Å²) in [6.45, 7) is 18.6. The van der Waals surface area contributed by atoms with Crippen LogP contribution in [0.1, 0.15) is 41.0 Å². The standard InChI is InChI=1S/C34H30N6/c1-7-13-28-22(5)38-23(6)29(9-3)40(34(38)36-28)33-21-25(24-16-18-35-19-17-24)20-32(37-33)39-30(10-4)26(8-2)27-14-11-12-15-31(27)39/h7-21H,2-4H2,1,5-6H3/b13-7-. The first kappa shape index (κ1) is 25.1. The quantitative estimate of drug-likeness (QED) is 0.213. The third-order valence-corrected chi connectivity index (χ3v) is 7.41. The first-order valence-corrected chi connectivity index (χ1v) is 13.2. The number of allylic oxidation sites excluding steroid dienone is 1. The molecule has 0 fully saturated rings. The van der Waals surface area contributed by atoms with Crippen molar-refractivity contribution in [3.63, 3.8) is 0 Å². The molecule has 6 rings (SSSR count). The third-order valence-electron chi connectivity index (χ3n) is 7.41. The van der Waals surface area contributed by atoms with Gasteiger partial charge in [0.1, 0.15) is 11.6 Å². The summed E-state index contributed by atoms with van der Waals surface area (Å²) in [5, 5.41) is 1.09. The maximum atomic E-state index is 5.27. The average Bonchev–Trinajstić information content (AvgIpc) is 3.59. The SMILES string of the molecule is C=Cc1c(C=C)n(-c2cc(-c3ccncc3)cc(-n3c(C=C)c(C)n4c(C)c(/C=C\C)nc34)n2)c2ccccc12. The first-order chi connectivity index (χ1) is 19.5. The number of benzene rings is 1. The van der Waals surface area contributed by atoms with E-state index in [4.69, 9.17) is 9.97 Å². The number of rotatable bonds is 7. The highest BCUT2D eigenvalue weighted by molar-refractivity contribution is 5.95. The number of nitrogens with zero attached hydrogens (tertiary/aromatic N) is 6. The van der Waals surface area contributed by atoms with E-state index in [1.54, 1.807) is 12.4 Å². The molecule has 0 amide bonds. The second-order valence-corrected chi connectivity index (χ2v) is 9.60. The summed E-state index contributed by atoms with van der Waals surface area (Å²) >= 11 is 0. The highest BCUT2D eigenvalue weighted by Crippen LogP contribution is 2.34. The van der Waals surface area contributed by atoms with E-state index in [2.05, 4.69) is 76.4 Å². The fraction of sp³-hybridized carbons (Fsp3) is 0.0882. The highest BCUT2D eigenvalue weighted by Gasteiger charge is 2.22. The fourth-order valence-corrected chi connectivity index (χ4v) is 5.61. The van der Waals surface area contributed by atoms with Gasteiger partial charge >= 0.3 is 0 Å². The number of para-hydroxylation sites is 1. The zero-order chi connectivity index (χ0) is 28.0. The van der Waals surface area contributed by atoms with Gasteiger partial charge in [0.2, 0.25) is 5.78 Å². The monoisotopic (exact) mass is 522 g/mol. The third kappa shape index (κ3) is 3.68. The van der Waals surface area contributed by atoms with Crippen molar-refractivity contribution in [2.24, 2.45) is 0 Å². The van der Waals surface area contributed by atoms with Crippen molar-refractivity contribution < 1.29 is 0 Å². The molecule has 0 N–H and O–H groups in total. The molecule has 196 valence electrons. The zero-order valence-corrected chi connectivity index (χ0v) is 23.0. The van der Waals surface area contributed by atoms with Gasteiger partial charge in [-0.25, -0.2) is 9.97 Å². The molecular formula is C34H30N6. The fourth-order valence-electron chi connectivity index (χ4n) is 5.61. The number of fused-ring (bicyclic) bond motifs is 2. The summed E-state index contributed by atoms with van der Waals surface area (Å²) in [6, 6.07) is 16.5. The molecule has 40 heavy (non-hydrogen) atoms. The molecule has 0 aliphatic carbocycles. The van der Waals surface area contributed by atoms with Gasteiger partial charge in [0.25, 0.3) is 0 Å². The van der Waals surface area contributed by atoms with Gasteiger partial charge in [0.15, 0.2) is 0 Å². The Morgan fingerprint density at radius 3 is 2.12 bits per heavy atom. The predicted molar refractivity (Wildman–Crippen MR) is 167 cm³/mol. The van der Waals surface area contributed by atoms with Crippen molar-refractivity contribution in [3.8, 4) is 22.8 Å². The summed E-state index contributed by atoms with van der Waals surface area (Å²) < 4.78 is 6.41. The van der Waals surface area contributed by atoms with Crippen LogP contribution in [0.5, 0.6) is 0 Å². The zero-order valence-electron chi connectivity index (χ0n) is 23.0. The predicted octanol–water partition coefficient (Wildman–Crippen LogP) is 8.10. The van der Waals surface area contributed by atoms with Crippen molar-refractivity contribution in [3.05, 3.63) is 121 Å². The highest BCUT2D eigenvalue weighted by atomic mass is 15.3. The van der Waals surface area contributed by atoms with Crippen LogP contribution >= 0.6 is 0 Å². The lowest BCUT2D eigenvalue weighted by Gasteiger charge is -2.15. The number of aromatic nitrogens is 6. The van der Waals surface area contributed by atoms with Gasteiger partial charge in [0, 0.05) is 34.7 Å². The van der Waals surface area contributed by atoms with Crippen LogP contribution in [0.2, 0.25) is 0 Å². The van der Waals surface area contributed by atoms with Crippen LogP contribution < -0.4 is 0 Å². The van der Waals surface area contributed by atoms with Crippen LogP contribution in [0.3, 0.4) is 0 Å². The minimum absolute atomic E-state index is 0.738. The number of hydrogen-bond donors (Lipinski definition) is 0. The second kappa shape index (κ2) is 9.82. The Morgan fingerprint density at radius 2 is 1.45 bits per heavy atom. The molecule has 6 heteroatoms. The van der Waals surface area contributed by atoms with Gasteiger partial charge in [-0.3, -0.25) is 18.5 Å². The molecule has 6 aromatic rings. The summed E-state index contributed by atoms with van der Waals surface area (Å²) in [7, 11) is 0. The van der Waals surface area contributed by atoms with E-state index >= 15 is 0 Å². The second-order valence-electron chi connectivity index (χ2n) is 9.60. The van der Waals surface area contributed by atoms with E-state index in [-0.39, 0.29) is 0 Å². The summed E-state index contributed by atoms with van der Waals surface area (Å²) in [6.07, 6.45) is 13.3. The van der Waals surface area contributed by atoms with Crippen LogP contribution in [-0.4, -0.2) is 28.5 Å². The molecule has 5 aromatic heterocycles. The normalized spacial score (nSPS) is 11.6. The lowest BCUT2D eigenvalue weighted by Crippen LogP contribution is -2.07. The molecule has 0 spiro atoms. The molecule has 5 heterocycles. The average molecular weight is 523 g/mol. The summed E-state index contributed by atoms with van der Waals surface area (Å²) in [5.41, 5.74) is 9.02. The summed E-state index contributed by atoms with van der Waals surface area (Å²) in [4.78, 5) is 14.5. The van der Waals surface area contributed by atoms with Gasteiger partial charge in [-0.1, -0.05) is 50.1 Å². The van der Waals surface area contributed by atoms with E-state index in [0.717, 1.165) is 73.5 Å². The molecule has 0 aliphatic heterocycles. The Hall–Kier alpha value is -5.23. The first-order valence-electron chi connectivity index (χ1n) is 13.2. The Morgan fingerprint density at radius 1 is 0.750 bits per heavy atom. The molecule has 0 saturated heterocycles. The molecule has 6 nitrogen and oxygen atoms in total. The lowest BCUT2D eigenvalue weighted by atomic mass is 10.1. The topological polar surface area (TPSA) is 52.9 Å². The lowest BCUT2D eigenvalue weighted by molar-refractivity contribution is 0.954. The van der Waals surface area contributed by atoms with Crippen molar-refractivity contribution in [2.75, 3.05) is 0 Å². The number of imidazole rings is 2. The van der Waals surface area contributed by atoms with Gasteiger partial charge in [0.05, 0.1) is 22.6 Å². The van der Waals surface area contributed by atoms with Crippen molar-refractivity contribution >= 4 is 41.0 Å². The Kier molecular flexibility index (Phi) is 6.15. The van der Waals surface area contributed by atoms with Crippen LogP contribution in [0.25, 0.3) is 63.7 Å². The molecule has 0 bridgehead atoms. The minimum atomic E-state index is 0.738. The van der Waals surface area contributed by atoms with E-state index in [9.17, 15) is 0 Å². The van der Waals surface area contributed by atoms with Gasteiger partial charge in [-0.05, 0) is 80.5 Å². The van der Waals surface area contributed by atoms with Gasteiger partial charge < -0.3 is 0 Å². The number of hydrogen-bond acceptors (Lipinski definition) is 3. The number of pyridine rings is 2. The maximum Gasteiger partial charge on any atom is 0.221 e. The van der Waals surface area contributed by atoms with Crippen LogP contribution in [-0.2, 0) is 0 Å². The Bertz CT molecular complexity index is 1980. The van der Waals surface area contributed by atoms with Crippen LogP contribution in [0.15, 0.2) is 86.7 Å². The largest absolute Gasteiger partial charge is 0.294 e.